The Morgan fingerprint density at radius 2 is 1.94 bits per heavy atom. The van der Waals surface area contributed by atoms with Crippen LogP contribution in [-0.2, 0) is 14.2 Å². The van der Waals surface area contributed by atoms with E-state index in [1.165, 1.54) is 0 Å². The smallest absolute Gasteiger partial charge is 0.339 e. The van der Waals surface area contributed by atoms with E-state index in [0.717, 1.165) is 6.08 Å². The average Bonchev–Trinajstić information content (AvgIpc) is 2.20. The van der Waals surface area contributed by atoms with Crippen LogP contribution in [0.25, 0.3) is 0 Å². The quantitative estimate of drug-likeness (QED) is 0.280. The summed E-state index contributed by atoms with van der Waals surface area (Å²) >= 11 is 0. The zero-order valence-corrected chi connectivity index (χ0v) is 10.1. The molecule has 4 N–H and O–H groups in total. The number of amides is 1. The van der Waals surface area contributed by atoms with E-state index < -0.39 is 19.2 Å². The molecule has 7 nitrogen and oxygen atoms in total. The van der Waals surface area contributed by atoms with E-state index in [1.807, 2.05) is 0 Å². The van der Waals surface area contributed by atoms with Crippen molar-refractivity contribution in [2.75, 3.05) is 6.54 Å². The van der Waals surface area contributed by atoms with Crippen LogP contribution in [-0.4, -0.2) is 39.0 Å². The Hall–Kier alpha value is -1.17. The first kappa shape index (κ1) is 15.8. The summed E-state index contributed by atoms with van der Waals surface area (Å²) in [5, 5.41) is 11.1. The number of carboxylic acids is 1. The molecule has 0 aromatic rings. The highest BCUT2D eigenvalue weighted by Gasteiger charge is 2.34. The minimum atomic E-state index is -4.61. The van der Waals surface area contributed by atoms with E-state index in [-0.39, 0.29) is 12.3 Å². The van der Waals surface area contributed by atoms with Crippen molar-refractivity contribution < 1.29 is 29.0 Å². The lowest BCUT2D eigenvalue weighted by atomic mass is 10.2. The Morgan fingerprint density at radius 3 is 2.35 bits per heavy atom. The molecule has 0 spiro atoms. The lowest BCUT2D eigenvalue weighted by molar-refractivity contribution is -0.137. The number of carbonyl (C=O) groups excluding carboxylic acids is 1. The van der Waals surface area contributed by atoms with Gasteiger partial charge in [-0.3, -0.25) is 14.2 Å². The summed E-state index contributed by atoms with van der Waals surface area (Å²) < 4.78 is 10.8. The Balaban J connectivity index is 3.93. The van der Waals surface area contributed by atoms with Crippen LogP contribution in [0, 0.1) is 0 Å². The number of aliphatic carboxylic acids is 1. The van der Waals surface area contributed by atoms with Crippen LogP contribution >= 0.6 is 7.60 Å². The van der Waals surface area contributed by atoms with Crippen LogP contribution in [0.15, 0.2) is 12.7 Å². The molecule has 0 aliphatic heterocycles. The summed E-state index contributed by atoms with van der Waals surface area (Å²) in [6.07, 6.45) is 1.74. The van der Waals surface area contributed by atoms with E-state index in [9.17, 15) is 14.2 Å². The first-order valence-electron chi connectivity index (χ1n) is 4.97. The van der Waals surface area contributed by atoms with Crippen molar-refractivity contribution in [2.45, 2.75) is 24.9 Å². The molecule has 0 saturated heterocycles. The number of hydrogen-bond donors (Lipinski definition) is 4. The molecule has 0 saturated carbocycles. The number of unbranched alkanes of at least 4 members (excludes halogenated alkanes) is 1. The molecule has 8 heteroatoms. The predicted octanol–water partition coefficient (Wildman–Crippen LogP) is 0.0898. The molecule has 0 rings (SSSR count). The van der Waals surface area contributed by atoms with Gasteiger partial charge in [-0.05, 0) is 18.9 Å². The summed E-state index contributed by atoms with van der Waals surface area (Å²) in [6, 6.07) is 0. The fraction of sp³-hybridized carbons (Fsp3) is 0.556. The summed E-state index contributed by atoms with van der Waals surface area (Å²) in [4.78, 5) is 38.9. The normalized spacial score (nSPS) is 12.8. The molecule has 0 aliphatic rings. The number of nitrogens with one attached hydrogen (secondary N) is 1. The van der Waals surface area contributed by atoms with Gasteiger partial charge in [0.1, 0.15) is 0 Å². The van der Waals surface area contributed by atoms with Crippen LogP contribution in [0.4, 0.5) is 0 Å². The monoisotopic (exact) mass is 265 g/mol. The Morgan fingerprint density at radius 1 is 1.35 bits per heavy atom. The van der Waals surface area contributed by atoms with Crippen LogP contribution in [0.1, 0.15) is 19.3 Å². The molecule has 1 atom stereocenters. The SMILES string of the molecule is C=CC(=O)NCCCCC(C(=O)O)P(=O)(O)O. The number of carboxylic acid groups (broad SMARTS) is 1. The Labute approximate surface area is 98.7 Å². The van der Waals surface area contributed by atoms with Gasteiger partial charge in [0, 0.05) is 6.54 Å². The highest BCUT2D eigenvalue weighted by atomic mass is 31.2. The standard InChI is InChI=1S/C9H16NO6P/c1-2-8(11)10-6-4-3-5-7(9(12)13)17(14,15)16/h2,7H,1,3-6H2,(H,10,11)(H,12,13)(H2,14,15,16). The molecular formula is C9H16NO6P. The molecule has 98 valence electrons. The fourth-order valence-corrected chi connectivity index (χ4v) is 1.99. The number of carbonyl (C=O) groups is 2. The van der Waals surface area contributed by atoms with Crippen molar-refractivity contribution in [3.63, 3.8) is 0 Å². The van der Waals surface area contributed by atoms with Gasteiger partial charge >= 0.3 is 13.6 Å². The zero-order valence-electron chi connectivity index (χ0n) is 9.20. The minimum absolute atomic E-state index is 0.121. The zero-order chi connectivity index (χ0) is 13.5. The Bertz CT molecular complexity index is 336. The van der Waals surface area contributed by atoms with Crippen molar-refractivity contribution in [3.8, 4) is 0 Å². The maximum Gasteiger partial charge on any atom is 0.339 e. The topological polar surface area (TPSA) is 124 Å². The Kier molecular flexibility index (Phi) is 6.72. The highest BCUT2D eigenvalue weighted by molar-refractivity contribution is 7.53. The van der Waals surface area contributed by atoms with Crippen LogP contribution in [0.3, 0.4) is 0 Å². The molecule has 0 aromatic heterocycles. The van der Waals surface area contributed by atoms with Crippen molar-refractivity contribution in [1.82, 2.24) is 5.32 Å². The molecule has 1 amide bonds. The first-order chi connectivity index (χ1) is 7.79. The summed E-state index contributed by atoms with van der Waals surface area (Å²) in [7, 11) is -4.61. The van der Waals surface area contributed by atoms with Gasteiger partial charge in [-0.1, -0.05) is 13.0 Å². The van der Waals surface area contributed by atoms with E-state index in [4.69, 9.17) is 14.9 Å². The van der Waals surface area contributed by atoms with Crippen LogP contribution < -0.4 is 5.32 Å². The molecular weight excluding hydrogens is 249 g/mol. The third-order valence-corrected chi connectivity index (χ3v) is 3.37. The molecule has 0 heterocycles. The van der Waals surface area contributed by atoms with Crippen molar-refractivity contribution >= 4 is 19.5 Å². The second kappa shape index (κ2) is 7.21. The van der Waals surface area contributed by atoms with Gasteiger partial charge in [-0.25, -0.2) is 0 Å². The third kappa shape index (κ3) is 6.88. The third-order valence-electron chi connectivity index (χ3n) is 2.08. The van der Waals surface area contributed by atoms with Crippen molar-refractivity contribution in [1.29, 1.82) is 0 Å². The molecule has 17 heavy (non-hydrogen) atoms. The average molecular weight is 265 g/mol. The van der Waals surface area contributed by atoms with Gasteiger partial charge in [0.15, 0.2) is 5.66 Å². The number of rotatable bonds is 8. The van der Waals surface area contributed by atoms with E-state index in [2.05, 4.69) is 11.9 Å². The molecule has 0 fully saturated rings. The van der Waals surface area contributed by atoms with Crippen LogP contribution in [0.2, 0.25) is 0 Å². The summed E-state index contributed by atoms with van der Waals surface area (Å²) in [6.45, 7) is 3.57. The lowest BCUT2D eigenvalue weighted by Gasteiger charge is -2.13. The maximum absolute atomic E-state index is 10.8. The van der Waals surface area contributed by atoms with Gasteiger partial charge in [-0.2, -0.15) is 0 Å². The van der Waals surface area contributed by atoms with Gasteiger partial charge in [-0.15, -0.1) is 0 Å². The van der Waals surface area contributed by atoms with Crippen molar-refractivity contribution in [3.05, 3.63) is 12.7 Å². The van der Waals surface area contributed by atoms with E-state index in [1.54, 1.807) is 0 Å². The molecule has 0 bridgehead atoms. The van der Waals surface area contributed by atoms with E-state index >= 15 is 0 Å². The molecule has 0 radical (unpaired) electrons. The summed E-state index contributed by atoms with van der Waals surface area (Å²) in [5.41, 5.74) is -1.67. The highest BCUT2D eigenvalue weighted by Crippen LogP contribution is 2.43. The van der Waals surface area contributed by atoms with Gasteiger partial charge in [0.2, 0.25) is 5.91 Å². The number of hydrogen-bond acceptors (Lipinski definition) is 3. The molecule has 0 aliphatic carbocycles. The summed E-state index contributed by atoms with van der Waals surface area (Å²) in [5.74, 6) is -1.84. The van der Waals surface area contributed by atoms with Gasteiger partial charge < -0.3 is 20.2 Å². The second-order valence-corrected chi connectivity index (χ2v) is 5.24. The van der Waals surface area contributed by atoms with Gasteiger partial charge in [0.25, 0.3) is 0 Å². The molecule has 0 aromatic carbocycles. The predicted molar refractivity (Wildman–Crippen MR) is 60.5 cm³/mol. The lowest BCUT2D eigenvalue weighted by Crippen LogP contribution is -2.23. The van der Waals surface area contributed by atoms with E-state index in [0.29, 0.717) is 19.4 Å². The second-order valence-electron chi connectivity index (χ2n) is 3.43. The molecule has 1 unspecified atom stereocenters. The van der Waals surface area contributed by atoms with Crippen LogP contribution in [0.5, 0.6) is 0 Å². The minimum Gasteiger partial charge on any atom is -0.481 e. The van der Waals surface area contributed by atoms with Crippen molar-refractivity contribution in [2.24, 2.45) is 0 Å². The van der Waals surface area contributed by atoms with Gasteiger partial charge in [0.05, 0.1) is 0 Å². The maximum atomic E-state index is 10.8. The first-order valence-corrected chi connectivity index (χ1v) is 6.65. The fourth-order valence-electron chi connectivity index (χ4n) is 1.18. The largest absolute Gasteiger partial charge is 0.481 e.